The van der Waals surface area contributed by atoms with Crippen LogP contribution in [0.5, 0.6) is 0 Å². The minimum Gasteiger partial charge on any atom is -0.341 e. The second-order valence-corrected chi connectivity index (χ2v) is 9.54. The lowest BCUT2D eigenvalue weighted by Crippen LogP contribution is -2.40. The molecule has 4 rings (SSSR count). The summed E-state index contributed by atoms with van der Waals surface area (Å²) in [5, 5.41) is 0. The molecule has 28 heavy (non-hydrogen) atoms. The zero-order valence-electron chi connectivity index (χ0n) is 17.8. The fraction of sp³-hybridized carbons (Fsp3) is 0.708. The number of carbonyl (C=O) groups excluding carboxylic acids is 1. The van der Waals surface area contributed by atoms with Crippen LogP contribution in [0, 0.1) is 11.3 Å². The zero-order chi connectivity index (χ0) is 19.6. The fourth-order valence-corrected chi connectivity index (χ4v) is 5.28. The Labute approximate surface area is 170 Å². The number of benzene rings is 1. The molecule has 2 saturated heterocycles. The van der Waals surface area contributed by atoms with Gasteiger partial charge < -0.3 is 14.7 Å². The predicted octanol–water partition coefficient (Wildman–Crippen LogP) is 3.45. The molecule has 2 unspecified atom stereocenters. The van der Waals surface area contributed by atoms with E-state index in [1.165, 1.54) is 44.5 Å². The lowest BCUT2D eigenvalue weighted by molar-refractivity contribution is -0.133. The highest BCUT2D eigenvalue weighted by Gasteiger charge is 2.59. The second kappa shape index (κ2) is 8.54. The lowest BCUT2D eigenvalue weighted by atomic mass is 9.89. The molecule has 4 nitrogen and oxygen atoms in total. The normalized spacial score (nSPS) is 26.8. The summed E-state index contributed by atoms with van der Waals surface area (Å²) in [6.07, 6.45) is 5.93. The smallest absolute Gasteiger partial charge is 0.226 e. The van der Waals surface area contributed by atoms with Gasteiger partial charge in [0.2, 0.25) is 5.91 Å². The molecule has 154 valence electrons. The van der Waals surface area contributed by atoms with Crippen molar-refractivity contribution in [2.24, 2.45) is 11.3 Å². The number of amides is 1. The van der Waals surface area contributed by atoms with Crippen LogP contribution in [-0.4, -0.2) is 73.5 Å². The van der Waals surface area contributed by atoms with Crippen LogP contribution in [0.15, 0.2) is 30.3 Å². The molecule has 2 atom stereocenters. The average Bonchev–Trinajstić information content (AvgIpc) is 3.47. The number of hydrogen-bond donors (Lipinski definition) is 0. The van der Waals surface area contributed by atoms with E-state index < -0.39 is 0 Å². The molecule has 1 aliphatic carbocycles. The first kappa shape index (κ1) is 19.9. The fourth-order valence-electron chi connectivity index (χ4n) is 5.28. The molecule has 1 aromatic carbocycles. The molecule has 2 aliphatic heterocycles. The van der Waals surface area contributed by atoms with Crippen molar-refractivity contribution in [1.29, 1.82) is 0 Å². The average molecular weight is 384 g/mol. The number of rotatable bonds is 5. The topological polar surface area (TPSA) is 26.8 Å². The molecule has 1 amide bonds. The van der Waals surface area contributed by atoms with Crippen molar-refractivity contribution in [3.05, 3.63) is 35.9 Å². The summed E-state index contributed by atoms with van der Waals surface area (Å²) in [5.41, 5.74) is 1.79. The van der Waals surface area contributed by atoms with E-state index in [1.807, 2.05) is 0 Å². The van der Waals surface area contributed by atoms with Gasteiger partial charge in [-0.25, -0.2) is 0 Å². The maximum atomic E-state index is 13.0. The van der Waals surface area contributed by atoms with Gasteiger partial charge in [-0.05, 0) is 82.2 Å². The zero-order valence-corrected chi connectivity index (χ0v) is 17.8. The number of nitrogens with zero attached hydrogens (tertiary/aromatic N) is 3. The Kier molecular flexibility index (Phi) is 6.07. The minimum atomic E-state index is 0.321. The summed E-state index contributed by atoms with van der Waals surface area (Å²) in [5.74, 6) is 1.40. The summed E-state index contributed by atoms with van der Waals surface area (Å²) < 4.78 is 0. The molecule has 1 saturated carbocycles. The molecule has 0 aromatic heterocycles. The minimum absolute atomic E-state index is 0.321. The van der Waals surface area contributed by atoms with Crippen LogP contribution in [0.3, 0.4) is 0 Å². The van der Waals surface area contributed by atoms with Gasteiger partial charge in [0.1, 0.15) is 0 Å². The number of hydrogen-bond acceptors (Lipinski definition) is 3. The Bertz CT molecular complexity index is 653. The van der Waals surface area contributed by atoms with E-state index in [0.29, 0.717) is 23.2 Å². The van der Waals surface area contributed by atoms with Crippen LogP contribution in [0.1, 0.15) is 50.5 Å². The van der Waals surface area contributed by atoms with Gasteiger partial charge >= 0.3 is 0 Å². The Hall–Kier alpha value is -1.39. The first-order chi connectivity index (χ1) is 13.6. The maximum absolute atomic E-state index is 13.0. The van der Waals surface area contributed by atoms with Crippen molar-refractivity contribution >= 4 is 5.91 Å². The second-order valence-electron chi connectivity index (χ2n) is 9.54. The quantitative estimate of drug-likeness (QED) is 0.779. The Balaban J connectivity index is 1.22. The number of piperidine rings is 1. The van der Waals surface area contributed by atoms with Crippen molar-refractivity contribution < 1.29 is 4.79 Å². The Morgan fingerprint density at radius 2 is 1.82 bits per heavy atom. The Morgan fingerprint density at radius 1 is 1.07 bits per heavy atom. The van der Waals surface area contributed by atoms with Gasteiger partial charge in [-0.15, -0.1) is 0 Å². The van der Waals surface area contributed by atoms with E-state index in [1.54, 1.807) is 0 Å². The molecule has 4 heteroatoms. The molecular weight excluding hydrogens is 346 g/mol. The first-order valence-corrected chi connectivity index (χ1v) is 11.3. The summed E-state index contributed by atoms with van der Waals surface area (Å²) in [6.45, 7) is 9.90. The largest absolute Gasteiger partial charge is 0.341 e. The van der Waals surface area contributed by atoms with Crippen molar-refractivity contribution in [2.45, 2.75) is 44.9 Å². The van der Waals surface area contributed by atoms with Crippen LogP contribution in [0.25, 0.3) is 0 Å². The van der Waals surface area contributed by atoms with Gasteiger partial charge in [-0.2, -0.15) is 0 Å². The highest BCUT2D eigenvalue weighted by Crippen LogP contribution is 2.60. The monoisotopic (exact) mass is 383 g/mol. The van der Waals surface area contributed by atoms with Gasteiger partial charge in [-0.3, -0.25) is 4.79 Å². The molecule has 0 N–H and O–H groups in total. The van der Waals surface area contributed by atoms with Gasteiger partial charge in [0.15, 0.2) is 0 Å². The third-order valence-corrected chi connectivity index (χ3v) is 7.62. The summed E-state index contributed by atoms with van der Waals surface area (Å²) in [4.78, 5) is 20.2. The summed E-state index contributed by atoms with van der Waals surface area (Å²) >= 11 is 0. The van der Waals surface area contributed by atoms with Crippen LogP contribution in [0.4, 0.5) is 0 Å². The number of likely N-dealkylation sites (tertiary alicyclic amines) is 1. The van der Waals surface area contributed by atoms with E-state index in [2.05, 4.69) is 59.0 Å². The van der Waals surface area contributed by atoms with Crippen molar-refractivity contribution in [2.75, 3.05) is 52.9 Å². The van der Waals surface area contributed by atoms with E-state index in [0.717, 1.165) is 39.0 Å². The predicted molar refractivity (Wildman–Crippen MR) is 114 cm³/mol. The van der Waals surface area contributed by atoms with Crippen molar-refractivity contribution in [3.63, 3.8) is 0 Å². The molecule has 3 aliphatic rings. The molecule has 1 aromatic rings. The van der Waals surface area contributed by atoms with E-state index in [4.69, 9.17) is 0 Å². The molecule has 0 radical (unpaired) electrons. The Morgan fingerprint density at radius 3 is 2.57 bits per heavy atom. The van der Waals surface area contributed by atoms with E-state index in [9.17, 15) is 4.79 Å². The van der Waals surface area contributed by atoms with Crippen LogP contribution in [0.2, 0.25) is 0 Å². The van der Waals surface area contributed by atoms with Gasteiger partial charge in [0, 0.05) is 25.6 Å². The first-order valence-electron chi connectivity index (χ1n) is 11.3. The molecule has 1 spiro atoms. The number of carbonyl (C=O) groups is 1. The van der Waals surface area contributed by atoms with Gasteiger partial charge in [0.25, 0.3) is 0 Å². The maximum Gasteiger partial charge on any atom is 0.226 e. The summed E-state index contributed by atoms with van der Waals surface area (Å²) in [7, 11) is 2.17. The van der Waals surface area contributed by atoms with Crippen LogP contribution in [-0.2, 0) is 4.79 Å². The SMILES string of the molecule is CC(CCN1CCC2(CC1)CC2C(=O)N1CCCN(C)CC1)c1ccccc1. The van der Waals surface area contributed by atoms with Crippen LogP contribution < -0.4 is 0 Å². The molecule has 3 fully saturated rings. The molecule has 0 bridgehead atoms. The van der Waals surface area contributed by atoms with Crippen molar-refractivity contribution in [1.82, 2.24) is 14.7 Å². The van der Waals surface area contributed by atoms with Gasteiger partial charge in [0.05, 0.1) is 0 Å². The van der Waals surface area contributed by atoms with Gasteiger partial charge in [-0.1, -0.05) is 37.3 Å². The lowest BCUT2D eigenvalue weighted by Gasteiger charge is -2.34. The third kappa shape index (κ3) is 4.44. The molecular formula is C24H37N3O. The van der Waals surface area contributed by atoms with Crippen molar-refractivity contribution in [3.8, 4) is 0 Å². The van der Waals surface area contributed by atoms with Crippen LogP contribution >= 0.6 is 0 Å². The summed E-state index contributed by atoms with van der Waals surface area (Å²) in [6, 6.07) is 10.9. The van der Waals surface area contributed by atoms with E-state index >= 15 is 0 Å². The standard InChI is InChI=1S/C24H37N3O/c1-20(21-7-4-3-5-8-21)9-14-26-15-10-24(11-16-26)19-22(24)23(28)27-13-6-12-25(2)17-18-27/h3-5,7-8,20,22H,6,9-19H2,1-2H3. The highest BCUT2D eigenvalue weighted by atomic mass is 16.2. The highest BCUT2D eigenvalue weighted by molar-refractivity contribution is 5.82. The third-order valence-electron chi connectivity index (χ3n) is 7.62. The van der Waals surface area contributed by atoms with E-state index in [-0.39, 0.29) is 0 Å². The number of likely N-dealkylation sites (N-methyl/N-ethyl adjacent to an activating group) is 1. The molecule has 2 heterocycles.